The molecule has 0 aromatic heterocycles. The maximum Gasteiger partial charge on any atom is 0.244 e. The number of rotatable bonds is 11. The minimum atomic E-state index is -3.86. The standard InChI is InChI=1S/C29H34FN3O4S/c1-21(2)23-14-16-25(17-15-23)33(38(4,36)37)20-28(34)32(19-24-12-8-9-13-26(24)30)27(29(35)31-3)18-22-10-6-5-7-11-22/h5-17,21,27H,18-20H2,1-4H3,(H,31,35)/t27-/m0/s1. The average Bonchev–Trinajstić information content (AvgIpc) is 2.89. The minimum Gasteiger partial charge on any atom is -0.357 e. The molecule has 2 amide bonds. The quantitative estimate of drug-likeness (QED) is 0.398. The summed E-state index contributed by atoms with van der Waals surface area (Å²) < 4.78 is 41.2. The van der Waals surface area contributed by atoms with E-state index in [0.717, 1.165) is 21.7 Å². The molecule has 202 valence electrons. The van der Waals surface area contributed by atoms with E-state index in [2.05, 4.69) is 5.32 Å². The number of likely N-dealkylation sites (N-methyl/N-ethyl adjacent to an activating group) is 1. The van der Waals surface area contributed by atoms with Crippen LogP contribution in [0.3, 0.4) is 0 Å². The van der Waals surface area contributed by atoms with Crippen molar-refractivity contribution in [3.63, 3.8) is 0 Å². The molecule has 0 aliphatic rings. The monoisotopic (exact) mass is 539 g/mol. The summed E-state index contributed by atoms with van der Waals surface area (Å²) in [6.45, 7) is 3.30. The number of benzene rings is 3. The van der Waals surface area contributed by atoms with Gasteiger partial charge in [0.15, 0.2) is 0 Å². The van der Waals surface area contributed by atoms with Crippen molar-refractivity contribution in [2.45, 2.75) is 38.8 Å². The molecule has 0 aliphatic heterocycles. The van der Waals surface area contributed by atoms with E-state index < -0.39 is 40.2 Å². The molecule has 0 aliphatic carbocycles. The van der Waals surface area contributed by atoms with Crippen LogP contribution in [0.4, 0.5) is 10.1 Å². The van der Waals surface area contributed by atoms with Gasteiger partial charge in [-0.3, -0.25) is 13.9 Å². The number of hydrogen-bond donors (Lipinski definition) is 1. The Morgan fingerprint density at radius 3 is 2.08 bits per heavy atom. The average molecular weight is 540 g/mol. The van der Waals surface area contributed by atoms with E-state index in [9.17, 15) is 22.4 Å². The van der Waals surface area contributed by atoms with E-state index >= 15 is 0 Å². The topological polar surface area (TPSA) is 86.8 Å². The first-order valence-corrected chi connectivity index (χ1v) is 14.2. The molecular formula is C29H34FN3O4S. The van der Waals surface area contributed by atoms with Gasteiger partial charge < -0.3 is 10.2 Å². The van der Waals surface area contributed by atoms with E-state index in [1.54, 1.807) is 18.2 Å². The molecular weight excluding hydrogens is 505 g/mol. The predicted octanol–water partition coefficient (Wildman–Crippen LogP) is 4.10. The lowest BCUT2D eigenvalue weighted by atomic mass is 10.0. The number of sulfonamides is 1. The largest absolute Gasteiger partial charge is 0.357 e. The van der Waals surface area contributed by atoms with Crippen molar-refractivity contribution in [2.24, 2.45) is 0 Å². The van der Waals surface area contributed by atoms with Gasteiger partial charge in [0, 0.05) is 25.6 Å². The van der Waals surface area contributed by atoms with Gasteiger partial charge in [0.05, 0.1) is 11.9 Å². The van der Waals surface area contributed by atoms with Crippen LogP contribution in [0.1, 0.15) is 36.5 Å². The Balaban J connectivity index is 2.02. The lowest BCUT2D eigenvalue weighted by Gasteiger charge is -2.33. The summed E-state index contributed by atoms with van der Waals surface area (Å²) in [7, 11) is -2.40. The summed E-state index contributed by atoms with van der Waals surface area (Å²) in [6.07, 6.45) is 1.20. The third-order valence-electron chi connectivity index (χ3n) is 6.34. The van der Waals surface area contributed by atoms with Crippen LogP contribution in [0.15, 0.2) is 78.9 Å². The fraction of sp³-hybridized carbons (Fsp3) is 0.310. The summed E-state index contributed by atoms with van der Waals surface area (Å²) >= 11 is 0. The number of anilines is 1. The molecule has 38 heavy (non-hydrogen) atoms. The first-order chi connectivity index (χ1) is 18.0. The van der Waals surface area contributed by atoms with Crippen molar-refractivity contribution in [1.29, 1.82) is 0 Å². The summed E-state index contributed by atoms with van der Waals surface area (Å²) in [5.74, 6) is -1.34. The van der Waals surface area contributed by atoms with Crippen LogP contribution in [-0.4, -0.2) is 51.0 Å². The third kappa shape index (κ3) is 7.41. The Kier molecular flexibility index (Phi) is 9.63. The maximum atomic E-state index is 14.7. The first kappa shape index (κ1) is 28.8. The van der Waals surface area contributed by atoms with Crippen molar-refractivity contribution in [1.82, 2.24) is 10.2 Å². The third-order valence-corrected chi connectivity index (χ3v) is 7.48. The van der Waals surface area contributed by atoms with Crippen LogP contribution in [0.5, 0.6) is 0 Å². The van der Waals surface area contributed by atoms with Crippen LogP contribution in [0, 0.1) is 5.82 Å². The van der Waals surface area contributed by atoms with Gasteiger partial charge in [0.25, 0.3) is 0 Å². The Bertz CT molecular complexity index is 1350. The number of carbonyl (C=O) groups excluding carboxylic acids is 2. The molecule has 1 atom stereocenters. The van der Waals surface area contributed by atoms with E-state index in [1.807, 2.05) is 56.3 Å². The van der Waals surface area contributed by atoms with Crippen molar-refractivity contribution in [3.8, 4) is 0 Å². The van der Waals surface area contributed by atoms with E-state index in [0.29, 0.717) is 5.69 Å². The van der Waals surface area contributed by atoms with Crippen LogP contribution < -0.4 is 9.62 Å². The number of carbonyl (C=O) groups is 2. The highest BCUT2D eigenvalue weighted by atomic mass is 32.2. The summed E-state index contributed by atoms with van der Waals surface area (Å²) in [6, 6.07) is 21.1. The molecule has 0 unspecified atom stereocenters. The number of amides is 2. The molecule has 0 saturated carbocycles. The Morgan fingerprint density at radius 1 is 0.921 bits per heavy atom. The molecule has 7 nitrogen and oxygen atoms in total. The molecule has 0 spiro atoms. The van der Waals surface area contributed by atoms with Gasteiger partial charge in [-0.1, -0.05) is 74.5 Å². The van der Waals surface area contributed by atoms with Crippen LogP contribution >= 0.6 is 0 Å². The Morgan fingerprint density at radius 2 is 1.53 bits per heavy atom. The maximum absolute atomic E-state index is 14.7. The molecule has 9 heteroatoms. The molecule has 0 heterocycles. The normalized spacial score (nSPS) is 12.2. The van der Waals surface area contributed by atoms with Gasteiger partial charge in [-0.2, -0.15) is 0 Å². The minimum absolute atomic E-state index is 0.169. The van der Waals surface area contributed by atoms with Crippen LogP contribution in [0.2, 0.25) is 0 Å². The molecule has 0 radical (unpaired) electrons. The highest BCUT2D eigenvalue weighted by Crippen LogP contribution is 2.23. The van der Waals surface area contributed by atoms with Gasteiger partial charge in [0.1, 0.15) is 18.4 Å². The second-order valence-corrected chi connectivity index (χ2v) is 11.4. The second-order valence-electron chi connectivity index (χ2n) is 9.45. The second kappa shape index (κ2) is 12.7. The van der Waals surface area contributed by atoms with Crippen LogP contribution in [-0.2, 0) is 32.6 Å². The van der Waals surface area contributed by atoms with E-state index in [-0.39, 0.29) is 24.4 Å². The Hall–Kier alpha value is -3.72. The zero-order valence-electron chi connectivity index (χ0n) is 22.1. The highest BCUT2D eigenvalue weighted by Gasteiger charge is 2.33. The number of nitrogens with one attached hydrogen (secondary N) is 1. The van der Waals surface area contributed by atoms with Crippen LogP contribution in [0.25, 0.3) is 0 Å². The number of nitrogens with zero attached hydrogens (tertiary/aromatic N) is 2. The van der Waals surface area contributed by atoms with Gasteiger partial charge in [-0.15, -0.1) is 0 Å². The molecule has 1 N–H and O–H groups in total. The summed E-state index contributed by atoms with van der Waals surface area (Å²) in [4.78, 5) is 28.1. The molecule has 0 bridgehead atoms. The molecule has 0 saturated heterocycles. The van der Waals surface area contributed by atoms with Gasteiger partial charge in [-0.25, -0.2) is 12.8 Å². The molecule has 3 aromatic rings. The zero-order chi connectivity index (χ0) is 27.9. The van der Waals surface area contributed by atoms with Gasteiger partial charge in [0.2, 0.25) is 21.8 Å². The fourth-order valence-corrected chi connectivity index (χ4v) is 5.02. The van der Waals surface area contributed by atoms with Gasteiger partial charge in [-0.05, 0) is 35.2 Å². The first-order valence-electron chi connectivity index (χ1n) is 12.4. The molecule has 0 fully saturated rings. The van der Waals surface area contributed by atoms with Crippen molar-refractivity contribution in [3.05, 3.63) is 101 Å². The van der Waals surface area contributed by atoms with Crippen molar-refractivity contribution in [2.75, 3.05) is 24.2 Å². The summed E-state index contributed by atoms with van der Waals surface area (Å²) in [5.41, 5.74) is 2.37. The number of hydrogen-bond acceptors (Lipinski definition) is 4. The van der Waals surface area contributed by atoms with Crippen molar-refractivity contribution >= 4 is 27.5 Å². The lowest BCUT2D eigenvalue weighted by molar-refractivity contribution is -0.139. The molecule has 3 rings (SSSR count). The molecule has 3 aromatic carbocycles. The zero-order valence-corrected chi connectivity index (χ0v) is 22.9. The highest BCUT2D eigenvalue weighted by molar-refractivity contribution is 7.92. The van der Waals surface area contributed by atoms with Gasteiger partial charge >= 0.3 is 0 Å². The smallest absolute Gasteiger partial charge is 0.244 e. The lowest BCUT2D eigenvalue weighted by Crippen LogP contribution is -2.53. The van der Waals surface area contributed by atoms with Crippen molar-refractivity contribution < 1.29 is 22.4 Å². The van der Waals surface area contributed by atoms with E-state index in [1.165, 1.54) is 30.1 Å². The predicted molar refractivity (Wildman–Crippen MR) is 148 cm³/mol. The van der Waals surface area contributed by atoms with E-state index in [4.69, 9.17) is 0 Å². The Labute approximate surface area is 224 Å². The fourth-order valence-electron chi connectivity index (χ4n) is 4.17. The SMILES string of the molecule is CNC(=O)[C@H](Cc1ccccc1)N(Cc1ccccc1F)C(=O)CN(c1ccc(C(C)C)cc1)S(C)(=O)=O. The summed E-state index contributed by atoms with van der Waals surface area (Å²) in [5, 5.41) is 2.59. The number of halogens is 1.